The third-order valence-corrected chi connectivity index (χ3v) is 6.11. The molecule has 0 aliphatic carbocycles. The number of carbonyl (C=O) groups is 2. The van der Waals surface area contributed by atoms with Crippen LogP contribution in [0, 0.1) is 6.92 Å². The largest absolute Gasteiger partial charge is 0.476 e. The topological polar surface area (TPSA) is 67.9 Å². The zero-order valence-electron chi connectivity index (χ0n) is 25.5. The monoisotopic (exact) mass is 526 g/mol. The number of rotatable bonds is 7. The molecule has 1 heterocycles. The Hall–Kier alpha value is -3.02. The lowest BCUT2D eigenvalue weighted by molar-refractivity contribution is -0.170. The maximum atomic E-state index is 12.0. The average Bonchev–Trinajstić information content (AvgIpc) is 3.15. The zero-order chi connectivity index (χ0) is 29.1. The number of hydrogen-bond acceptors (Lipinski definition) is 4. The van der Waals surface area contributed by atoms with Gasteiger partial charge in [0.25, 0.3) is 0 Å². The number of hydrogen-bond donors (Lipinski definition) is 1. The van der Waals surface area contributed by atoms with Gasteiger partial charge in [0.15, 0.2) is 5.60 Å². The van der Waals surface area contributed by atoms with Gasteiger partial charge in [0.1, 0.15) is 11.4 Å². The van der Waals surface area contributed by atoms with Crippen LogP contribution in [0.2, 0.25) is 0 Å². The van der Waals surface area contributed by atoms with Gasteiger partial charge in [0.2, 0.25) is 0 Å². The molecule has 1 fully saturated rings. The molecule has 2 aromatic carbocycles. The van der Waals surface area contributed by atoms with E-state index in [1.54, 1.807) is 13.8 Å². The molecule has 1 atom stereocenters. The van der Waals surface area contributed by atoms with Gasteiger partial charge in [0, 0.05) is 13.1 Å². The smallest absolute Gasteiger partial charge is 0.350 e. The second-order valence-corrected chi connectivity index (χ2v) is 11.3. The summed E-state index contributed by atoms with van der Waals surface area (Å²) in [7, 11) is 0. The zero-order valence-corrected chi connectivity index (χ0v) is 25.5. The minimum atomic E-state index is -0.997. The van der Waals surface area contributed by atoms with E-state index in [9.17, 15) is 9.59 Å². The maximum Gasteiger partial charge on any atom is 0.350 e. The van der Waals surface area contributed by atoms with Crippen LogP contribution in [0.15, 0.2) is 48.5 Å². The quantitative estimate of drug-likeness (QED) is 0.380. The normalized spacial score (nSPS) is 16.9. The van der Waals surface area contributed by atoms with Gasteiger partial charge in [-0.3, -0.25) is 0 Å². The first-order valence-corrected chi connectivity index (χ1v) is 13.8. The fourth-order valence-corrected chi connectivity index (χ4v) is 3.64. The molecular weight excluding hydrogens is 476 g/mol. The summed E-state index contributed by atoms with van der Waals surface area (Å²) in [6.07, 6.45) is 2.02. The van der Waals surface area contributed by atoms with Crippen LogP contribution in [0.5, 0.6) is 5.75 Å². The van der Waals surface area contributed by atoms with Crippen LogP contribution in [0.3, 0.4) is 0 Å². The molecule has 0 saturated carbocycles. The Morgan fingerprint density at radius 2 is 1.47 bits per heavy atom. The summed E-state index contributed by atoms with van der Waals surface area (Å²) >= 11 is 0. The van der Waals surface area contributed by atoms with E-state index >= 15 is 0 Å². The molecule has 0 aromatic heterocycles. The molecule has 2 aromatic rings. The third kappa shape index (κ3) is 10.8. The van der Waals surface area contributed by atoms with Crippen LogP contribution in [-0.4, -0.2) is 40.2 Å². The molecule has 3 rings (SSSR count). The van der Waals surface area contributed by atoms with Gasteiger partial charge in [-0.2, -0.15) is 0 Å². The highest BCUT2D eigenvalue weighted by molar-refractivity contribution is 5.79. The standard InChI is InChI=1S/C15H22N2O.C15H22O3.C2H6/c1-4-12-6-8-13(9-7-12)10-17-11-15(3,5-2)16-14(17)18;1-11-7-9-12(10-8-11)17-15(5,6)13(16)18-14(2,3)4;1-2/h6-9H,4-5,10-11H2,1-3H3,(H,16,18);7-10H,1-6H3;1-2H3. The van der Waals surface area contributed by atoms with Gasteiger partial charge in [-0.05, 0) is 84.6 Å². The number of nitrogens with one attached hydrogen (secondary N) is 1. The predicted molar refractivity (Wildman–Crippen MR) is 157 cm³/mol. The minimum Gasteiger partial charge on any atom is -0.476 e. The Morgan fingerprint density at radius 3 is 1.92 bits per heavy atom. The molecule has 0 radical (unpaired) electrons. The molecule has 1 unspecified atom stereocenters. The Kier molecular flexibility index (Phi) is 12.4. The number of urea groups is 1. The van der Waals surface area contributed by atoms with Crippen molar-refractivity contribution in [1.82, 2.24) is 10.2 Å². The number of nitrogens with zero attached hydrogens (tertiary/aromatic N) is 1. The Morgan fingerprint density at radius 1 is 0.947 bits per heavy atom. The minimum absolute atomic E-state index is 0.0546. The van der Waals surface area contributed by atoms with Gasteiger partial charge >= 0.3 is 12.0 Å². The van der Waals surface area contributed by atoms with Crippen molar-refractivity contribution in [3.05, 3.63) is 65.2 Å². The second kappa shape index (κ2) is 14.2. The highest BCUT2D eigenvalue weighted by Gasteiger charge is 2.37. The van der Waals surface area contributed by atoms with Crippen molar-refractivity contribution in [2.24, 2.45) is 0 Å². The molecule has 38 heavy (non-hydrogen) atoms. The first-order valence-electron chi connectivity index (χ1n) is 13.8. The average molecular weight is 527 g/mol. The number of amides is 2. The van der Waals surface area contributed by atoms with Gasteiger partial charge in [-0.25, -0.2) is 9.59 Å². The SMILES string of the molecule is CC.CCc1ccc(CN2CC(C)(CC)NC2=O)cc1.Cc1ccc(OC(C)(C)C(=O)OC(C)(C)C)cc1. The highest BCUT2D eigenvalue weighted by atomic mass is 16.6. The van der Waals surface area contributed by atoms with Crippen LogP contribution in [0.4, 0.5) is 4.79 Å². The molecular formula is C32H50N2O4. The first-order chi connectivity index (χ1) is 17.7. The van der Waals surface area contributed by atoms with E-state index in [4.69, 9.17) is 9.47 Å². The van der Waals surface area contributed by atoms with Crippen LogP contribution in [0.1, 0.15) is 92.3 Å². The number of benzene rings is 2. The predicted octanol–water partition coefficient (Wildman–Crippen LogP) is 7.46. The van der Waals surface area contributed by atoms with Crippen molar-refractivity contribution in [3.8, 4) is 5.75 Å². The summed E-state index contributed by atoms with van der Waals surface area (Å²) in [6, 6.07) is 16.2. The van der Waals surface area contributed by atoms with Crippen molar-refractivity contribution in [2.75, 3.05) is 6.54 Å². The maximum absolute atomic E-state index is 12.0. The lowest BCUT2D eigenvalue weighted by Gasteiger charge is -2.29. The second-order valence-electron chi connectivity index (χ2n) is 11.3. The van der Waals surface area contributed by atoms with Gasteiger partial charge in [-0.1, -0.05) is 69.7 Å². The van der Waals surface area contributed by atoms with Gasteiger partial charge in [-0.15, -0.1) is 0 Å². The fourth-order valence-electron chi connectivity index (χ4n) is 3.64. The Labute approximate surface area is 231 Å². The number of aryl methyl sites for hydroxylation is 2. The highest BCUT2D eigenvalue weighted by Crippen LogP contribution is 2.23. The summed E-state index contributed by atoms with van der Waals surface area (Å²) in [5.41, 5.74) is 2.11. The summed E-state index contributed by atoms with van der Waals surface area (Å²) in [5, 5.41) is 3.06. The molecule has 0 spiro atoms. The Balaban J connectivity index is 0.000000357. The molecule has 6 nitrogen and oxygen atoms in total. The van der Waals surface area contributed by atoms with Gasteiger partial charge < -0.3 is 19.7 Å². The van der Waals surface area contributed by atoms with Crippen molar-refractivity contribution < 1.29 is 19.1 Å². The van der Waals surface area contributed by atoms with E-state index in [2.05, 4.69) is 50.4 Å². The number of ether oxygens (including phenoxy) is 2. The molecule has 1 aliphatic rings. The number of carbonyl (C=O) groups excluding carboxylic acids is 2. The van der Waals surface area contributed by atoms with Crippen molar-refractivity contribution >= 4 is 12.0 Å². The van der Waals surface area contributed by atoms with Crippen LogP contribution in [0.25, 0.3) is 0 Å². The van der Waals surface area contributed by atoms with Crippen LogP contribution in [-0.2, 0) is 22.5 Å². The summed E-state index contributed by atoms with van der Waals surface area (Å²) in [4.78, 5) is 25.8. The lowest BCUT2D eigenvalue weighted by atomic mass is 10.0. The van der Waals surface area contributed by atoms with E-state index < -0.39 is 11.2 Å². The van der Waals surface area contributed by atoms with E-state index in [0.29, 0.717) is 12.3 Å². The third-order valence-electron chi connectivity index (χ3n) is 6.11. The molecule has 1 saturated heterocycles. The first kappa shape index (κ1) is 33.0. The Bertz CT molecular complexity index is 1010. The molecule has 6 heteroatoms. The van der Waals surface area contributed by atoms with Gasteiger partial charge in [0.05, 0.1) is 5.54 Å². The molecule has 212 valence electrons. The molecule has 1 N–H and O–H groups in total. The summed E-state index contributed by atoms with van der Waals surface area (Å²) in [6.45, 7) is 22.8. The molecule has 0 bridgehead atoms. The van der Waals surface area contributed by atoms with E-state index in [0.717, 1.165) is 24.9 Å². The molecule has 2 amide bonds. The van der Waals surface area contributed by atoms with E-state index in [-0.39, 0.29) is 17.5 Å². The summed E-state index contributed by atoms with van der Waals surface area (Å²) < 4.78 is 11.0. The molecule has 1 aliphatic heterocycles. The van der Waals surface area contributed by atoms with Crippen molar-refractivity contribution in [1.29, 1.82) is 0 Å². The van der Waals surface area contributed by atoms with E-state index in [1.807, 2.05) is 70.7 Å². The van der Waals surface area contributed by atoms with Crippen LogP contribution < -0.4 is 10.1 Å². The van der Waals surface area contributed by atoms with E-state index in [1.165, 1.54) is 11.1 Å². The summed E-state index contributed by atoms with van der Waals surface area (Å²) in [5.74, 6) is 0.298. The van der Waals surface area contributed by atoms with Crippen molar-refractivity contribution in [3.63, 3.8) is 0 Å². The lowest BCUT2D eigenvalue weighted by Crippen LogP contribution is -2.43. The fraction of sp³-hybridized carbons (Fsp3) is 0.562. The van der Waals surface area contributed by atoms with Crippen molar-refractivity contribution in [2.45, 2.75) is 112 Å². The number of esters is 1. The van der Waals surface area contributed by atoms with Crippen LogP contribution >= 0.6 is 0 Å².